The fraction of sp³-hybridized carbons (Fsp3) is 0.429. The molecule has 1 aliphatic heterocycles. The van der Waals surface area contributed by atoms with E-state index >= 15 is 0 Å². The van der Waals surface area contributed by atoms with Gasteiger partial charge in [0.15, 0.2) is 5.92 Å². The molecule has 0 aromatic heterocycles. The summed E-state index contributed by atoms with van der Waals surface area (Å²) in [5.41, 5.74) is 0.836. The molecule has 102 valence electrons. The fourth-order valence-corrected chi connectivity index (χ4v) is 2.18. The van der Waals surface area contributed by atoms with Gasteiger partial charge in [0.25, 0.3) is 0 Å². The van der Waals surface area contributed by atoms with Crippen LogP contribution in [-0.2, 0) is 19.1 Å². The van der Waals surface area contributed by atoms with Crippen LogP contribution < -0.4 is 4.74 Å². The van der Waals surface area contributed by atoms with Crippen LogP contribution in [0.2, 0.25) is 0 Å². The zero-order valence-electron chi connectivity index (χ0n) is 10.9. The Balaban J connectivity index is 2.26. The molecule has 19 heavy (non-hydrogen) atoms. The lowest BCUT2D eigenvalue weighted by molar-refractivity contribution is -0.155. The molecule has 1 aromatic rings. The molecule has 2 atom stereocenters. The molecule has 1 aromatic carbocycles. The van der Waals surface area contributed by atoms with Crippen LogP contribution in [0.4, 0.5) is 0 Å². The van der Waals surface area contributed by atoms with Crippen molar-refractivity contribution in [2.75, 3.05) is 20.3 Å². The van der Waals surface area contributed by atoms with Gasteiger partial charge in [0.05, 0.1) is 20.3 Å². The van der Waals surface area contributed by atoms with E-state index in [0.717, 1.165) is 5.56 Å². The van der Waals surface area contributed by atoms with Crippen LogP contribution in [0.1, 0.15) is 18.4 Å². The molecule has 0 unspecified atom stereocenters. The average molecular weight is 264 g/mol. The minimum absolute atomic E-state index is 0.190. The zero-order chi connectivity index (χ0) is 13.8. The quantitative estimate of drug-likeness (QED) is 0.609. The second-order valence-corrected chi connectivity index (χ2v) is 4.24. The summed E-state index contributed by atoms with van der Waals surface area (Å²) in [6.07, 6.45) is 0. The van der Waals surface area contributed by atoms with E-state index in [1.165, 1.54) is 0 Å². The highest BCUT2D eigenvalue weighted by molar-refractivity contribution is 5.97. The lowest BCUT2D eigenvalue weighted by atomic mass is 9.88. The monoisotopic (exact) mass is 264 g/mol. The number of esters is 2. The molecule has 1 fully saturated rings. The van der Waals surface area contributed by atoms with E-state index in [0.29, 0.717) is 5.75 Å². The summed E-state index contributed by atoms with van der Waals surface area (Å²) in [5, 5.41) is 0. The number of methoxy groups -OCH3 is 1. The Kier molecular flexibility index (Phi) is 4.04. The number of hydrogen-bond acceptors (Lipinski definition) is 5. The number of carbonyl (C=O) groups excluding carboxylic acids is 2. The van der Waals surface area contributed by atoms with Crippen LogP contribution >= 0.6 is 0 Å². The Labute approximate surface area is 111 Å². The van der Waals surface area contributed by atoms with Crippen LogP contribution in [0.3, 0.4) is 0 Å². The molecule has 1 saturated heterocycles. The van der Waals surface area contributed by atoms with Gasteiger partial charge in [-0.3, -0.25) is 9.59 Å². The lowest BCUT2D eigenvalue weighted by Gasteiger charge is -2.15. The van der Waals surface area contributed by atoms with Gasteiger partial charge < -0.3 is 14.2 Å². The molecule has 5 nitrogen and oxygen atoms in total. The molecular weight excluding hydrogens is 248 g/mol. The van der Waals surface area contributed by atoms with E-state index in [1.807, 2.05) is 12.1 Å². The molecule has 0 amide bonds. The maximum Gasteiger partial charge on any atom is 0.321 e. The minimum Gasteiger partial charge on any atom is -0.497 e. The van der Waals surface area contributed by atoms with E-state index in [9.17, 15) is 9.59 Å². The van der Waals surface area contributed by atoms with Crippen LogP contribution in [0, 0.1) is 5.92 Å². The second kappa shape index (κ2) is 5.73. The highest BCUT2D eigenvalue weighted by Gasteiger charge is 2.44. The predicted octanol–water partition coefficient (Wildman–Crippen LogP) is 1.51. The summed E-state index contributed by atoms with van der Waals surface area (Å²) in [4.78, 5) is 23.5. The van der Waals surface area contributed by atoms with Gasteiger partial charge in [0.2, 0.25) is 0 Å². The molecule has 0 N–H and O–H groups in total. The standard InChI is InChI=1S/C14H16O5/c1-3-18-13(15)12-11(8-19-14(12)16)9-5-4-6-10(7-9)17-2/h4-7,11-12H,3,8H2,1-2H3/t11-,12-/m0/s1. The Morgan fingerprint density at radius 2 is 2.26 bits per heavy atom. The van der Waals surface area contributed by atoms with Crippen molar-refractivity contribution >= 4 is 11.9 Å². The predicted molar refractivity (Wildman–Crippen MR) is 66.8 cm³/mol. The minimum atomic E-state index is -0.882. The van der Waals surface area contributed by atoms with Crippen molar-refractivity contribution in [3.8, 4) is 5.75 Å². The van der Waals surface area contributed by atoms with Crippen molar-refractivity contribution < 1.29 is 23.8 Å². The highest BCUT2D eigenvalue weighted by Crippen LogP contribution is 2.34. The summed E-state index contributed by atoms with van der Waals surface area (Å²) in [6.45, 7) is 2.14. The van der Waals surface area contributed by atoms with Crippen LogP contribution in [0.5, 0.6) is 5.75 Å². The molecule has 1 heterocycles. The van der Waals surface area contributed by atoms with Crippen LogP contribution in [0.25, 0.3) is 0 Å². The van der Waals surface area contributed by atoms with E-state index in [1.54, 1.807) is 26.2 Å². The first-order chi connectivity index (χ1) is 9.17. The smallest absolute Gasteiger partial charge is 0.321 e. The highest BCUT2D eigenvalue weighted by atomic mass is 16.6. The topological polar surface area (TPSA) is 61.8 Å². The van der Waals surface area contributed by atoms with E-state index in [4.69, 9.17) is 14.2 Å². The van der Waals surface area contributed by atoms with Gasteiger partial charge in [0.1, 0.15) is 5.75 Å². The van der Waals surface area contributed by atoms with Crippen molar-refractivity contribution in [3.05, 3.63) is 29.8 Å². The number of rotatable bonds is 4. The number of hydrogen-bond donors (Lipinski definition) is 0. The Morgan fingerprint density at radius 1 is 1.47 bits per heavy atom. The summed E-state index contributed by atoms with van der Waals surface area (Å²) in [6, 6.07) is 7.28. The molecular formula is C14H16O5. The summed E-state index contributed by atoms with van der Waals surface area (Å²) in [5.74, 6) is -1.57. The first-order valence-corrected chi connectivity index (χ1v) is 6.14. The molecule has 1 aliphatic rings. The summed E-state index contributed by atoms with van der Waals surface area (Å²) >= 11 is 0. The third-order valence-electron chi connectivity index (χ3n) is 3.12. The molecule has 0 spiro atoms. The summed E-state index contributed by atoms with van der Waals surface area (Å²) in [7, 11) is 1.57. The third-order valence-corrected chi connectivity index (χ3v) is 3.12. The number of cyclic esters (lactones) is 1. The van der Waals surface area contributed by atoms with Gasteiger partial charge in [-0.15, -0.1) is 0 Å². The molecule has 2 rings (SSSR count). The zero-order valence-corrected chi connectivity index (χ0v) is 10.9. The van der Waals surface area contributed by atoms with Crippen molar-refractivity contribution in [2.24, 2.45) is 5.92 Å². The van der Waals surface area contributed by atoms with E-state index < -0.39 is 17.9 Å². The maximum absolute atomic E-state index is 11.8. The first kappa shape index (κ1) is 13.4. The van der Waals surface area contributed by atoms with E-state index in [2.05, 4.69) is 0 Å². The Morgan fingerprint density at radius 3 is 2.95 bits per heavy atom. The molecule has 0 radical (unpaired) electrons. The van der Waals surface area contributed by atoms with Gasteiger partial charge in [-0.2, -0.15) is 0 Å². The number of ether oxygens (including phenoxy) is 3. The van der Waals surface area contributed by atoms with Crippen LogP contribution in [0.15, 0.2) is 24.3 Å². The Hall–Kier alpha value is -2.04. The fourth-order valence-electron chi connectivity index (χ4n) is 2.18. The average Bonchev–Trinajstić information content (AvgIpc) is 2.81. The van der Waals surface area contributed by atoms with Gasteiger partial charge in [-0.1, -0.05) is 12.1 Å². The first-order valence-electron chi connectivity index (χ1n) is 6.14. The van der Waals surface area contributed by atoms with E-state index in [-0.39, 0.29) is 19.1 Å². The second-order valence-electron chi connectivity index (χ2n) is 4.24. The maximum atomic E-state index is 11.8. The number of benzene rings is 1. The molecule has 0 bridgehead atoms. The summed E-state index contributed by atoms with van der Waals surface area (Å²) < 4.78 is 15.1. The van der Waals surface area contributed by atoms with Crippen LogP contribution in [-0.4, -0.2) is 32.3 Å². The van der Waals surface area contributed by atoms with Gasteiger partial charge in [0, 0.05) is 5.92 Å². The molecule has 5 heteroatoms. The normalized spacial score (nSPS) is 21.9. The van der Waals surface area contributed by atoms with Crippen molar-refractivity contribution in [1.29, 1.82) is 0 Å². The Bertz CT molecular complexity index is 482. The van der Waals surface area contributed by atoms with Gasteiger partial charge in [-0.05, 0) is 24.6 Å². The molecule has 0 aliphatic carbocycles. The van der Waals surface area contributed by atoms with Crippen molar-refractivity contribution in [3.63, 3.8) is 0 Å². The largest absolute Gasteiger partial charge is 0.497 e. The SMILES string of the molecule is CCOC(=O)[C@H]1C(=O)OC[C@H]1c1cccc(OC)c1. The van der Waals surface area contributed by atoms with Crippen molar-refractivity contribution in [2.45, 2.75) is 12.8 Å². The van der Waals surface area contributed by atoms with Gasteiger partial charge >= 0.3 is 11.9 Å². The third kappa shape index (κ3) is 2.70. The van der Waals surface area contributed by atoms with Crippen molar-refractivity contribution in [1.82, 2.24) is 0 Å². The molecule has 0 saturated carbocycles. The number of carbonyl (C=O) groups is 2. The van der Waals surface area contributed by atoms with Gasteiger partial charge in [-0.25, -0.2) is 0 Å². The lowest BCUT2D eigenvalue weighted by Crippen LogP contribution is -2.26.